The van der Waals surface area contributed by atoms with E-state index in [1.165, 1.54) is 55.6 Å². The van der Waals surface area contributed by atoms with Gasteiger partial charge in [0.25, 0.3) is 0 Å². The minimum absolute atomic E-state index is 0.649. The van der Waals surface area contributed by atoms with Gasteiger partial charge in [-0.3, -0.25) is 0 Å². The number of hydrogen-bond acceptors (Lipinski definition) is 3. The first-order chi connectivity index (χ1) is 31.7. The molecule has 298 valence electrons. The lowest BCUT2D eigenvalue weighted by Crippen LogP contribution is -2.29. The summed E-state index contributed by atoms with van der Waals surface area (Å²) in [4.78, 5) is 2.44. The molecular weight excluding hydrogens is 779 g/mol. The summed E-state index contributed by atoms with van der Waals surface area (Å²) in [7, 11) is 0. The number of furan rings is 2. The number of rotatable bonds is 4. The smallest absolute Gasteiger partial charge is 0.136 e. The normalized spacial score (nSPS) is 14.6. The largest absolute Gasteiger partial charge is 0.456 e. The number of fused-ring (bicyclic) bond motifs is 18. The SMILES string of the molecule is c1ccc(-c2ccccc2N(c2ccc3c(c2)-c2ccccc2-c2ccccc2C32c3ccccc3-c3cc4oc5ccccc5c4cc32)c2ccc3oc4ccccc4c3c2)cc1. The lowest BCUT2D eigenvalue weighted by Gasteiger charge is -2.36. The Kier molecular flexibility index (Phi) is 7.32. The third-order valence-corrected chi connectivity index (χ3v) is 13.9. The summed E-state index contributed by atoms with van der Waals surface area (Å²) in [6, 6.07) is 82.0. The van der Waals surface area contributed by atoms with E-state index >= 15 is 0 Å². The van der Waals surface area contributed by atoms with Crippen molar-refractivity contribution >= 4 is 60.9 Å². The van der Waals surface area contributed by atoms with E-state index in [2.05, 4.69) is 223 Å². The molecule has 10 aromatic carbocycles. The van der Waals surface area contributed by atoms with Crippen molar-refractivity contribution in [1.29, 1.82) is 0 Å². The topological polar surface area (TPSA) is 29.5 Å². The molecule has 0 saturated carbocycles. The van der Waals surface area contributed by atoms with Gasteiger partial charge in [0.2, 0.25) is 0 Å². The molecule has 3 heteroatoms. The van der Waals surface area contributed by atoms with Crippen molar-refractivity contribution in [3.63, 3.8) is 0 Å². The Morgan fingerprint density at radius 3 is 1.50 bits per heavy atom. The second-order valence-corrected chi connectivity index (χ2v) is 17.1. The lowest BCUT2D eigenvalue weighted by molar-refractivity contribution is 0.668. The molecular formula is C61H37NO2. The molecule has 1 unspecified atom stereocenters. The van der Waals surface area contributed by atoms with Gasteiger partial charge in [-0.15, -0.1) is 0 Å². The van der Waals surface area contributed by atoms with Crippen molar-refractivity contribution in [3.05, 3.63) is 247 Å². The van der Waals surface area contributed by atoms with Gasteiger partial charge in [0.1, 0.15) is 22.3 Å². The number of benzene rings is 10. The zero-order chi connectivity index (χ0) is 41.9. The molecule has 2 aromatic heterocycles. The van der Waals surface area contributed by atoms with Crippen LogP contribution in [0.2, 0.25) is 0 Å². The summed E-state index contributed by atoms with van der Waals surface area (Å²) in [5, 5.41) is 4.44. The van der Waals surface area contributed by atoms with Crippen LogP contribution in [0.1, 0.15) is 22.3 Å². The van der Waals surface area contributed by atoms with Crippen molar-refractivity contribution in [3.8, 4) is 44.5 Å². The Balaban J connectivity index is 1.10. The zero-order valence-corrected chi connectivity index (χ0v) is 34.6. The Morgan fingerprint density at radius 2 is 0.766 bits per heavy atom. The van der Waals surface area contributed by atoms with Crippen LogP contribution in [0.15, 0.2) is 233 Å². The van der Waals surface area contributed by atoms with E-state index in [0.717, 1.165) is 72.1 Å². The van der Waals surface area contributed by atoms with Gasteiger partial charge in [-0.25, -0.2) is 0 Å². The molecule has 12 aromatic rings. The average Bonchev–Trinajstić information content (AvgIpc) is 3.99. The highest BCUT2D eigenvalue weighted by atomic mass is 16.3. The van der Waals surface area contributed by atoms with E-state index in [9.17, 15) is 0 Å². The van der Waals surface area contributed by atoms with Gasteiger partial charge in [0.15, 0.2) is 0 Å². The van der Waals surface area contributed by atoms with E-state index in [4.69, 9.17) is 8.83 Å². The molecule has 1 spiro atoms. The average molecular weight is 816 g/mol. The second kappa shape index (κ2) is 13.3. The monoisotopic (exact) mass is 815 g/mol. The first kappa shape index (κ1) is 35.2. The van der Waals surface area contributed by atoms with Gasteiger partial charge in [-0.05, 0) is 122 Å². The molecule has 64 heavy (non-hydrogen) atoms. The fourth-order valence-electron chi connectivity index (χ4n) is 11.2. The first-order valence-corrected chi connectivity index (χ1v) is 22.0. The molecule has 14 rings (SSSR count). The summed E-state index contributed by atoms with van der Waals surface area (Å²) in [5.74, 6) is 0. The summed E-state index contributed by atoms with van der Waals surface area (Å²) >= 11 is 0. The van der Waals surface area contributed by atoms with E-state index in [-0.39, 0.29) is 0 Å². The summed E-state index contributed by atoms with van der Waals surface area (Å²) in [5.41, 5.74) is 20.8. The molecule has 3 nitrogen and oxygen atoms in total. The molecule has 0 radical (unpaired) electrons. The lowest BCUT2D eigenvalue weighted by atomic mass is 9.65. The second-order valence-electron chi connectivity index (χ2n) is 17.1. The van der Waals surface area contributed by atoms with E-state index in [1.807, 2.05) is 6.07 Å². The maximum atomic E-state index is 6.58. The molecule has 2 aliphatic carbocycles. The minimum Gasteiger partial charge on any atom is -0.456 e. The van der Waals surface area contributed by atoms with Crippen LogP contribution in [-0.2, 0) is 5.41 Å². The van der Waals surface area contributed by atoms with Crippen molar-refractivity contribution in [2.75, 3.05) is 4.90 Å². The van der Waals surface area contributed by atoms with Crippen LogP contribution in [0, 0.1) is 0 Å². The van der Waals surface area contributed by atoms with Gasteiger partial charge >= 0.3 is 0 Å². The van der Waals surface area contributed by atoms with Gasteiger partial charge in [0, 0.05) is 38.5 Å². The molecule has 2 aliphatic rings. The number of nitrogens with zero attached hydrogens (tertiary/aromatic N) is 1. The standard InChI is InChI=1S/C61H37NO2/c1-2-16-38(17-3-1)41-18-8-13-27-56(41)62(40-31-33-59-50(35-40)46-23-9-14-28-57(46)63-59)39-30-32-54-48(34-39)43-20-5-4-19-42(43)44-21-6-11-25-52(44)61(54)53-26-12-7-22-45(53)49-37-60-51(36-55(49)61)47-24-10-15-29-58(47)64-60/h1-37H. The molecule has 0 amide bonds. The van der Waals surface area contributed by atoms with Crippen molar-refractivity contribution < 1.29 is 8.83 Å². The van der Waals surface area contributed by atoms with Crippen LogP contribution in [0.4, 0.5) is 17.1 Å². The Morgan fingerprint density at radius 1 is 0.281 bits per heavy atom. The Bertz CT molecular complexity index is 3870. The number of anilines is 3. The van der Waals surface area contributed by atoms with Crippen LogP contribution >= 0.6 is 0 Å². The molecule has 0 N–H and O–H groups in total. The fourth-order valence-corrected chi connectivity index (χ4v) is 11.2. The van der Waals surface area contributed by atoms with Crippen LogP contribution in [0.25, 0.3) is 88.4 Å². The fraction of sp³-hybridized carbons (Fsp3) is 0.0164. The highest BCUT2D eigenvalue weighted by molar-refractivity contribution is 6.10. The molecule has 0 aliphatic heterocycles. The number of para-hydroxylation sites is 3. The van der Waals surface area contributed by atoms with Crippen molar-refractivity contribution in [2.45, 2.75) is 5.41 Å². The summed E-state index contributed by atoms with van der Waals surface area (Å²) < 4.78 is 13.0. The van der Waals surface area contributed by atoms with E-state index in [1.54, 1.807) is 0 Å². The molecule has 0 saturated heterocycles. The van der Waals surface area contributed by atoms with Crippen LogP contribution < -0.4 is 4.90 Å². The van der Waals surface area contributed by atoms with Gasteiger partial charge in [-0.2, -0.15) is 0 Å². The maximum absolute atomic E-state index is 6.58. The highest BCUT2D eigenvalue weighted by Crippen LogP contribution is 2.63. The predicted octanol–water partition coefficient (Wildman–Crippen LogP) is 16.6. The van der Waals surface area contributed by atoms with Crippen molar-refractivity contribution in [2.24, 2.45) is 0 Å². The van der Waals surface area contributed by atoms with Gasteiger partial charge in [0.05, 0.1) is 11.1 Å². The molecule has 1 atom stereocenters. The highest BCUT2D eigenvalue weighted by Gasteiger charge is 2.50. The summed E-state index contributed by atoms with van der Waals surface area (Å²) in [6.45, 7) is 0. The van der Waals surface area contributed by atoms with Crippen molar-refractivity contribution in [1.82, 2.24) is 0 Å². The van der Waals surface area contributed by atoms with Gasteiger partial charge < -0.3 is 13.7 Å². The first-order valence-electron chi connectivity index (χ1n) is 22.0. The van der Waals surface area contributed by atoms with E-state index < -0.39 is 5.41 Å². The van der Waals surface area contributed by atoms with Crippen LogP contribution in [0.3, 0.4) is 0 Å². The third-order valence-electron chi connectivity index (χ3n) is 13.9. The maximum Gasteiger partial charge on any atom is 0.136 e. The quantitative estimate of drug-likeness (QED) is 0.177. The minimum atomic E-state index is -0.649. The van der Waals surface area contributed by atoms with Gasteiger partial charge in [-0.1, -0.05) is 164 Å². The summed E-state index contributed by atoms with van der Waals surface area (Å²) in [6.07, 6.45) is 0. The Hall–Kier alpha value is -8.40. The molecule has 0 bridgehead atoms. The van der Waals surface area contributed by atoms with E-state index in [0.29, 0.717) is 0 Å². The predicted molar refractivity (Wildman–Crippen MR) is 263 cm³/mol. The molecule has 2 heterocycles. The van der Waals surface area contributed by atoms with Crippen LogP contribution in [-0.4, -0.2) is 0 Å². The third kappa shape index (κ3) is 4.81. The molecule has 0 fully saturated rings. The zero-order valence-electron chi connectivity index (χ0n) is 34.6. The number of hydrogen-bond donors (Lipinski definition) is 0. The Labute approximate surface area is 369 Å². The van der Waals surface area contributed by atoms with Crippen LogP contribution in [0.5, 0.6) is 0 Å².